The molecule has 0 bridgehead atoms. The Hall–Kier alpha value is -3.85. The first kappa shape index (κ1) is 18.5. The van der Waals surface area contributed by atoms with Crippen molar-refractivity contribution in [1.29, 1.82) is 0 Å². The molecule has 4 aromatic rings. The van der Waals surface area contributed by atoms with Crippen molar-refractivity contribution in [3.8, 4) is 11.3 Å². The fourth-order valence-corrected chi connectivity index (χ4v) is 3.31. The van der Waals surface area contributed by atoms with Crippen LogP contribution in [0.1, 0.15) is 11.1 Å². The smallest absolute Gasteiger partial charge is 0.334 e. The van der Waals surface area contributed by atoms with Gasteiger partial charge in [-0.3, -0.25) is 0 Å². The van der Waals surface area contributed by atoms with Crippen LogP contribution in [0.5, 0.6) is 0 Å². The third-order valence-electron chi connectivity index (χ3n) is 4.66. The van der Waals surface area contributed by atoms with Crippen LogP contribution in [0.25, 0.3) is 23.0 Å². The van der Waals surface area contributed by atoms with E-state index < -0.39 is 5.97 Å². The van der Waals surface area contributed by atoms with Gasteiger partial charge in [0.1, 0.15) is 11.2 Å². The maximum atomic E-state index is 12.0. The van der Waals surface area contributed by atoms with Gasteiger partial charge in [-0.2, -0.15) is 0 Å². The minimum absolute atomic E-state index is 0.458. The van der Waals surface area contributed by atoms with E-state index in [2.05, 4.69) is 24.3 Å². The Balaban J connectivity index is 2.10. The van der Waals surface area contributed by atoms with Gasteiger partial charge in [0.25, 0.3) is 0 Å². The van der Waals surface area contributed by atoms with Gasteiger partial charge in [0.05, 0.1) is 13.2 Å². The molecule has 0 unspecified atom stereocenters. The SMILES string of the molecule is COC(=O)/C=c1\oc(-c2ccccc2)cc1=C(c1ccccc1)c1ccccc1. The van der Waals surface area contributed by atoms with Crippen LogP contribution in [0.2, 0.25) is 0 Å². The van der Waals surface area contributed by atoms with Crippen molar-refractivity contribution >= 4 is 17.6 Å². The fourth-order valence-electron chi connectivity index (χ4n) is 3.31. The Bertz CT molecular complexity index is 1180. The topological polar surface area (TPSA) is 39.4 Å². The van der Waals surface area contributed by atoms with Gasteiger partial charge in [-0.25, -0.2) is 4.79 Å². The van der Waals surface area contributed by atoms with Crippen molar-refractivity contribution in [1.82, 2.24) is 0 Å². The zero-order valence-corrected chi connectivity index (χ0v) is 16.0. The molecule has 3 aromatic carbocycles. The number of rotatable bonds is 4. The highest BCUT2D eigenvalue weighted by Gasteiger charge is 2.12. The molecule has 1 aromatic heterocycles. The van der Waals surface area contributed by atoms with Crippen molar-refractivity contribution in [2.75, 3.05) is 7.11 Å². The van der Waals surface area contributed by atoms with Crippen LogP contribution in [0.15, 0.2) is 101 Å². The minimum Gasteiger partial charge on any atom is -0.466 e. The van der Waals surface area contributed by atoms with E-state index in [4.69, 9.17) is 9.15 Å². The quantitative estimate of drug-likeness (QED) is 0.500. The molecule has 3 heteroatoms. The second-order valence-corrected chi connectivity index (χ2v) is 6.53. The number of benzene rings is 3. The lowest BCUT2D eigenvalue weighted by atomic mass is 9.96. The molecule has 0 fully saturated rings. The summed E-state index contributed by atoms with van der Waals surface area (Å²) in [7, 11) is 1.36. The largest absolute Gasteiger partial charge is 0.466 e. The molecule has 1 heterocycles. The van der Waals surface area contributed by atoms with Gasteiger partial charge in [-0.15, -0.1) is 0 Å². The molecule has 29 heavy (non-hydrogen) atoms. The molecule has 0 atom stereocenters. The minimum atomic E-state index is -0.458. The standard InChI is InChI=1S/C26H20O3/c1-28-25(27)18-24-22(17-23(29-24)19-11-5-2-6-12-19)26(20-13-7-3-8-14-20)21-15-9-4-10-16-21/h2-18H,1H3/b24-18-. The molecule has 0 aliphatic rings. The molecule has 0 amide bonds. The van der Waals surface area contributed by atoms with E-state index >= 15 is 0 Å². The highest BCUT2D eigenvalue weighted by atomic mass is 16.5. The van der Waals surface area contributed by atoms with E-state index in [-0.39, 0.29) is 0 Å². The van der Waals surface area contributed by atoms with Gasteiger partial charge in [0, 0.05) is 10.8 Å². The number of furan rings is 1. The number of methoxy groups -OCH3 is 1. The highest BCUT2D eigenvalue weighted by Crippen LogP contribution is 2.22. The molecule has 0 aliphatic carbocycles. The third kappa shape index (κ3) is 4.04. The van der Waals surface area contributed by atoms with Gasteiger partial charge >= 0.3 is 5.97 Å². The summed E-state index contributed by atoms with van der Waals surface area (Å²) in [6, 6.07) is 32.0. The average molecular weight is 380 g/mol. The van der Waals surface area contributed by atoms with Crippen LogP contribution in [0, 0.1) is 0 Å². The van der Waals surface area contributed by atoms with Crippen LogP contribution in [0.4, 0.5) is 0 Å². The van der Waals surface area contributed by atoms with Crippen LogP contribution >= 0.6 is 0 Å². The molecule has 0 aliphatic heterocycles. The molecule has 4 rings (SSSR count). The Morgan fingerprint density at radius 2 is 1.31 bits per heavy atom. The monoisotopic (exact) mass is 380 g/mol. The van der Waals surface area contributed by atoms with Crippen molar-refractivity contribution in [2.45, 2.75) is 0 Å². The summed E-state index contributed by atoms with van der Waals surface area (Å²) in [4.78, 5) is 12.0. The first-order chi connectivity index (χ1) is 14.3. The number of carbonyl (C=O) groups excluding carboxylic acids is 1. The maximum absolute atomic E-state index is 12.0. The zero-order chi connectivity index (χ0) is 20.1. The van der Waals surface area contributed by atoms with Crippen molar-refractivity contribution < 1.29 is 13.9 Å². The number of carbonyl (C=O) groups is 1. The van der Waals surface area contributed by atoms with E-state index in [1.807, 2.05) is 72.8 Å². The molecule has 3 nitrogen and oxygen atoms in total. The predicted molar refractivity (Wildman–Crippen MR) is 114 cm³/mol. The second-order valence-electron chi connectivity index (χ2n) is 6.53. The van der Waals surface area contributed by atoms with Gasteiger partial charge in [-0.05, 0) is 22.8 Å². The Morgan fingerprint density at radius 1 is 0.793 bits per heavy atom. The lowest BCUT2D eigenvalue weighted by Gasteiger charge is -2.07. The molecule has 0 saturated heterocycles. The Morgan fingerprint density at radius 3 is 1.83 bits per heavy atom. The fraction of sp³-hybridized carbons (Fsp3) is 0.0385. The van der Waals surface area contributed by atoms with E-state index in [0.717, 1.165) is 27.5 Å². The first-order valence-corrected chi connectivity index (χ1v) is 9.36. The molecule has 0 N–H and O–H groups in total. The zero-order valence-electron chi connectivity index (χ0n) is 16.0. The van der Waals surface area contributed by atoms with Gasteiger partial charge in [0.15, 0.2) is 0 Å². The number of ether oxygens (including phenoxy) is 1. The lowest BCUT2D eigenvalue weighted by Crippen LogP contribution is -2.25. The molecular formula is C26H20O3. The maximum Gasteiger partial charge on any atom is 0.334 e. The van der Waals surface area contributed by atoms with E-state index in [0.29, 0.717) is 11.2 Å². The first-order valence-electron chi connectivity index (χ1n) is 9.36. The van der Waals surface area contributed by atoms with Crippen LogP contribution < -0.4 is 10.6 Å². The normalized spacial score (nSPS) is 11.3. The summed E-state index contributed by atoms with van der Waals surface area (Å²) in [5.41, 5.74) is 4.49. The summed E-state index contributed by atoms with van der Waals surface area (Å²) < 4.78 is 11.0. The van der Waals surface area contributed by atoms with E-state index in [9.17, 15) is 4.79 Å². The summed E-state index contributed by atoms with van der Waals surface area (Å²) in [5, 5.41) is 0.839. The predicted octanol–water partition coefficient (Wildman–Crippen LogP) is 4.15. The molecular weight excluding hydrogens is 360 g/mol. The summed E-state index contributed by atoms with van der Waals surface area (Å²) in [6.07, 6.45) is 1.40. The lowest BCUT2D eigenvalue weighted by molar-refractivity contribution is -0.133. The third-order valence-corrected chi connectivity index (χ3v) is 4.66. The Labute approximate surface area is 169 Å². The summed E-state index contributed by atoms with van der Waals surface area (Å²) in [6.45, 7) is 0. The van der Waals surface area contributed by atoms with E-state index in [1.165, 1.54) is 13.2 Å². The highest BCUT2D eigenvalue weighted by molar-refractivity contribution is 5.99. The number of hydrogen-bond donors (Lipinski definition) is 0. The van der Waals surface area contributed by atoms with E-state index in [1.54, 1.807) is 0 Å². The number of esters is 1. The van der Waals surface area contributed by atoms with Gasteiger partial charge < -0.3 is 9.15 Å². The summed E-state index contributed by atoms with van der Waals surface area (Å²) in [5.74, 6) is 0.237. The van der Waals surface area contributed by atoms with Crippen LogP contribution in [0.3, 0.4) is 0 Å². The van der Waals surface area contributed by atoms with Crippen LogP contribution in [-0.2, 0) is 9.53 Å². The van der Waals surface area contributed by atoms with Crippen molar-refractivity contribution in [3.63, 3.8) is 0 Å². The average Bonchev–Trinajstić information content (AvgIpc) is 3.19. The van der Waals surface area contributed by atoms with Gasteiger partial charge in [-0.1, -0.05) is 91.0 Å². The van der Waals surface area contributed by atoms with Crippen LogP contribution in [-0.4, -0.2) is 13.1 Å². The number of hydrogen-bond acceptors (Lipinski definition) is 3. The molecule has 0 saturated carbocycles. The molecule has 142 valence electrons. The summed E-state index contributed by atoms with van der Waals surface area (Å²) >= 11 is 0. The van der Waals surface area contributed by atoms with Gasteiger partial charge in [0.2, 0.25) is 0 Å². The molecule has 0 radical (unpaired) electrons. The van der Waals surface area contributed by atoms with Crippen molar-refractivity contribution in [2.24, 2.45) is 0 Å². The molecule has 0 spiro atoms. The second kappa shape index (κ2) is 8.44. The van der Waals surface area contributed by atoms with Crippen molar-refractivity contribution in [3.05, 3.63) is 119 Å². The Kier molecular flexibility index (Phi) is 5.39.